The number of hydrogen-bond donors (Lipinski definition) is 2. The summed E-state index contributed by atoms with van der Waals surface area (Å²) in [6.45, 7) is 9.34. The summed E-state index contributed by atoms with van der Waals surface area (Å²) in [6.07, 6.45) is 9.31. The van der Waals surface area contributed by atoms with Crippen molar-refractivity contribution in [3.63, 3.8) is 0 Å². The van der Waals surface area contributed by atoms with E-state index in [4.69, 9.17) is 9.40 Å². The third kappa shape index (κ3) is 5.37. The number of rotatable bonds is 8. The van der Waals surface area contributed by atoms with Crippen molar-refractivity contribution < 1.29 is 9.52 Å². The van der Waals surface area contributed by atoms with Crippen molar-refractivity contribution >= 4 is 22.7 Å². The molecule has 5 aromatic rings. The first kappa shape index (κ1) is 27.6. The fraction of sp³-hybridized carbons (Fsp3) is 0.344. The van der Waals surface area contributed by atoms with E-state index in [1.165, 1.54) is 16.4 Å². The molecule has 10 nitrogen and oxygen atoms in total. The molecule has 2 N–H and O–H groups in total. The van der Waals surface area contributed by atoms with E-state index >= 15 is 0 Å². The SMILES string of the molecule is C=CCn1c(=O)c2cnc(Nc3ccc(C4CCC(c5ncc(C)o5)CC4)cc3)nc2n1-c1cccc(C(C)(C)O)n1. The molecule has 0 amide bonds. The van der Waals surface area contributed by atoms with Crippen molar-refractivity contribution in [2.45, 2.75) is 70.4 Å². The van der Waals surface area contributed by atoms with Crippen molar-refractivity contribution in [3.05, 3.63) is 101 Å². The van der Waals surface area contributed by atoms with E-state index in [0.29, 0.717) is 40.3 Å². The largest absolute Gasteiger partial charge is 0.446 e. The van der Waals surface area contributed by atoms with Crippen LogP contribution in [0.5, 0.6) is 0 Å². The van der Waals surface area contributed by atoms with Crippen LogP contribution in [0.2, 0.25) is 0 Å². The highest BCUT2D eigenvalue weighted by Gasteiger charge is 2.26. The number of hydrogen-bond acceptors (Lipinski definition) is 8. The molecular weight excluding hydrogens is 530 g/mol. The Labute approximate surface area is 243 Å². The molecule has 0 bridgehead atoms. The van der Waals surface area contributed by atoms with Crippen molar-refractivity contribution in [2.24, 2.45) is 0 Å². The van der Waals surface area contributed by atoms with Gasteiger partial charge in [0.25, 0.3) is 5.56 Å². The summed E-state index contributed by atoms with van der Waals surface area (Å²) in [5, 5.41) is 14.2. The molecule has 1 aromatic carbocycles. The Kier molecular flexibility index (Phi) is 7.24. The lowest BCUT2D eigenvalue weighted by Crippen LogP contribution is -2.23. The number of fused-ring (bicyclic) bond motifs is 1. The number of aryl methyl sites for hydroxylation is 1. The maximum Gasteiger partial charge on any atom is 0.278 e. The number of aromatic nitrogens is 6. The van der Waals surface area contributed by atoms with Gasteiger partial charge in [0, 0.05) is 17.8 Å². The molecule has 0 atom stereocenters. The molecule has 4 aromatic heterocycles. The fourth-order valence-electron chi connectivity index (χ4n) is 5.69. The molecular formula is C32H35N7O3. The standard InChI is InChI=1S/C32H35N7O3/c1-5-17-38-30(40)25-19-34-31(37-28(25)39(38)27-8-6-7-26(36-27)32(3,4)41)35-24-15-13-22(14-16-24)21-9-11-23(12-10-21)29-33-18-20(2)42-29/h5-8,13-16,18-19,21,23,41H,1,9-12,17H2,2-4H3,(H,34,35,37). The molecule has 6 rings (SSSR count). The molecule has 4 heterocycles. The number of pyridine rings is 1. The van der Waals surface area contributed by atoms with Crippen LogP contribution in [0.1, 0.15) is 74.3 Å². The van der Waals surface area contributed by atoms with Gasteiger partial charge >= 0.3 is 0 Å². The molecule has 0 spiro atoms. The number of aliphatic hydroxyl groups is 1. The van der Waals surface area contributed by atoms with Crippen LogP contribution in [0.25, 0.3) is 16.9 Å². The Morgan fingerprint density at radius 1 is 1.05 bits per heavy atom. The molecule has 0 saturated heterocycles. The van der Waals surface area contributed by atoms with E-state index in [2.05, 4.69) is 39.0 Å². The van der Waals surface area contributed by atoms with E-state index in [1.807, 2.05) is 19.1 Å². The zero-order valence-corrected chi connectivity index (χ0v) is 24.1. The summed E-state index contributed by atoms with van der Waals surface area (Å²) < 4.78 is 8.93. The van der Waals surface area contributed by atoms with Crippen LogP contribution in [-0.2, 0) is 12.1 Å². The van der Waals surface area contributed by atoms with E-state index in [9.17, 15) is 9.90 Å². The van der Waals surface area contributed by atoms with Gasteiger partial charge in [0.15, 0.2) is 17.4 Å². The Hall–Kier alpha value is -4.57. The van der Waals surface area contributed by atoms with Gasteiger partial charge < -0.3 is 14.8 Å². The second-order valence-corrected chi connectivity index (χ2v) is 11.5. The van der Waals surface area contributed by atoms with Crippen molar-refractivity contribution in [1.82, 2.24) is 29.3 Å². The molecule has 1 saturated carbocycles. The monoisotopic (exact) mass is 565 g/mol. The lowest BCUT2D eigenvalue weighted by molar-refractivity contribution is 0.0738. The molecule has 216 valence electrons. The Morgan fingerprint density at radius 3 is 2.45 bits per heavy atom. The maximum atomic E-state index is 13.3. The minimum absolute atomic E-state index is 0.246. The van der Waals surface area contributed by atoms with Crippen molar-refractivity contribution in [1.29, 1.82) is 0 Å². The number of nitrogens with zero attached hydrogens (tertiary/aromatic N) is 6. The number of allylic oxidation sites excluding steroid dienone is 1. The summed E-state index contributed by atoms with van der Waals surface area (Å²) in [5.74, 6) is 3.46. The summed E-state index contributed by atoms with van der Waals surface area (Å²) in [4.78, 5) is 31.5. The Morgan fingerprint density at radius 2 is 1.79 bits per heavy atom. The Bertz CT molecular complexity index is 1790. The van der Waals surface area contributed by atoms with Gasteiger partial charge in [-0.05, 0) is 82.2 Å². The van der Waals surface area contributed by atoms with Crippen LogP contribution >= 0.6 is 0 Å². The summed E-state index contributed by atoms with van der Waals surface area (Å²) in [5.41, 5.74) is 1.66. The fourth-order valence-corrected chi connectivity index (χ4v) is 5.69. The summed E-state index contributed by atoms with van der Waals surface area (Å²) in [6, 6.07) is 13.7. The average molecular weight is 566 g/mol. The van der Waals surface area contributed by atoms with Gasteiger partial charge in [-0.15, -0.1) is 6.58 Å². The number of anilines is 2. The van der Waals surface area contributed by atoms with Crippen LogP contribution in [0.3, 0.4) is 0 Å². The van der Waals surface area contributed by atoms with Crippen LogP contribution in [0.4, 0.5) is 11.6 Å². The van der Waals surface area contributed by atoms with Gasteiger partial charge in [-0.3, -0.25) is 4.79 Å². The molecule has 42 heavy (non-hydrogen) atoms. The second kappa shape index (κ2) is 11.0. The normalized spacial score (nSPS) is 17.4. The molecule has 0 aliphatic heterocycles. The van der Waals surface area contributed by atoms with Gasteiger partial charge in [-0.25, -0.2) is 24.3 Å². The third-order valence-corrected chi connectivity index (χ3v) is 7.91. The van der Waals surface area contributed by atoms with Gasteiger partial charge in [0.1, 0.15) is 16.7 Å². The lowest BCUT2D eigenvalue weighted by Gasteiger charge is -2.27. The van der Waals surface area contributed by atoms with E-state index in [1.54, 1.807) is 49.0 Å². The molecule has 1 aliphatic carbocycles. The van der Waals surface area contributed by atoms with Crippen LogP contribution in [-0.4, -0.2) is 34.4 Å². The highest BCUT2D eigenvalue weighted by atomic mass is 16.4. The predicted molar refractivity (Wildman–Crippen MR) is 161 cm³/mol. The van der Waals surface area contributed by atoms with Crippen molar-refractivity contribution in [3.8, 4) is 5.82 Å². The zero-order chi connectivity index (χ0) is 29.4. The Balaban J connectivity index is 1.24. The summed E-state index contributed by atoms with van der Waals surface area (Å²) in [7, 11) is 0. The van der Waals surface area contributed by atoms with Gasteiger partial charge in [0.05, 0.1) is 18.4 Å². The van der Waals surface area contributed by atoms with Gasteiger partial charge in [0.2, 0.25) is 5.95 Å². The molecule has 1 aliphatic rings. The van der Waals surface area contributed by atoms with Gasteiger partial charge in [-0.1, -0.05) is 24.3 Å². The molecule has 10 heteroatoms. The quantitative estimate of drug-likeness (QED) is 0.224. The first-order valence-electron chi connectivity index (χ1n) is 14.3. The first-order valence-corrected chi connectivity index (χ1v) is 14.3. The van der Waals surface area contributed by atoms with E-state index in [-0.39, 0.29) is 12.1 Å². The molecule has 0 radical (unpaired) electrons. The van der Waals surface area contributed by atoms with Crippen LogP contribution < -0.4 is 10.9 Å². The highest BCUT2D eigenvalue weighted by molar-refractivity contribution is 5.77. The average Bonchev–Trinajstić information content (AvgIpc) is 3.54. The highest BCUT2D eigenvalue weighted by Crippen LogP contribution is 2.40. The van der Waals surface area contributed by atoms with Crippen LogP contribution in [0.15, 0.2) is 76.7 Å². The van der Waals surface area contributed by atoms with E-state index < -0.39 is 5.60 Å². The summed E-state index contributed by atoms with van der Waals surface area (Å²) >= 11 is 0. The van der Waals surface area contributed by atoms with Crippen molar-refractivity contribution in [2.75, 3.05) is 5.32 Å². The van der Waals surface area contributed by atoms with E-state index in [0.717, 1.165) is 43.0 Å². The topological polar surface area (TPSA) is 124 Å². The van der Waals surface area contributed by atoms with Gasteiger partial charge in [-0.2, -0.15) is 4.98 Å². The minimum Gasteiger partial charge on any atom is -0.446 e. The molecule has 1 fully saturated rings. The number of benzene rings is 1. The smallest absolute Gasteiger partial charge is 0.278 e. The predicted octanol–water partition coefficient (Wildman–Crippen LogP) is 5.87. The zero-order valence-electron chi connectivity index (χ0n) is 24.1. The second-order valence-electron chi connectivity index (χ2n) is 11.5. The third-order valence-electron chi connectivity index (χ3n) is 7.91. The minimum atomic E-state index is -1.15. The maximum absolute atomic E-state index is 13.3. The number of oxazole rings is 1. The first-order chi connectivity index (χ1) is 20.2. The number of nitrogens with one attached hydrogen (secondary N) is 1. The van der Waals surface area contributed by atoms with Crippen LogP contribution in [0, 0.1) is 6.92 Å². The lowest BCUT2D eigenvalue weighted by atomic mass is 9.78. The molecule has 0 unspecified atom stereocenters.